The van der Waals surface area contributed by atoms with Crippen molar-refractivity contribution < 1.29 is 14.0 Å². The van der Waals surface area contributed by atoms with Gasteiger partial charge >= 0.3 is 0 Å². The number of halogens is 1. The summed E-state index contributed by atoms with van der Waals surface area (Å²) in [5.41, 5.74) is 5.19. The average molecular weight is 297 g/mol. The fraction of sp³-hybridized carbons (Fsp3) is 0.733. The highest BCUT2D eigenvalue weighted by atomic mass is 19.1. The van der Waals surface area contributed by atoms with Gasteiger partial charge in [0.1, 0.15) is 6.17 Å². The first kappa shape index (κ1) is 15.9. The standard InChI is InChI=1S/C15H24FN3O2/c1-18(15(21)6-11-4-2-3-5-11)9-13-7-12(16)8-19(13)10-14(17)20/h2,4,11-13H,3,5-10H2,1H3,(H2,17,20)/t11?,12-,13-/m0/s1. The Balaban J connectivity index is 1.84. The van der Waals surface area contributed by atoms with E-state index in [0.717, 1.165) is 12.8 Å². The normalized spacial score (nSPS) is 29.0. The summed E-state index contributed by atoms with van der Waals surface area (Å²) in [6.45, 7) is 0.725. The van der Waals surface area contributed by atoms with Crippen LogP contribution in [0.5, 0.6) is 0 Å². The molecule has 1 unspecified atom stereocenters. The van der Waals surface area contributed by atoms with Crippen LogP contribution in [0.3, 0.4) is 0 Å². The van der Waals surface area contributed by atoms with E-state index in [2.05, 4.69) is 12.2 Å². The van der Waals surface area contributed by atoms with Gasteiger partial charge in [0, 0.05) is 32.6 Å². The number of carbonyl (C=O) groups is 2. The minimum absolute atomic E-state index is 0.0540. The number of primary amides is 1. The zero-order valence-corrected chi connectivity index (χ0v) is 12.5. The van der Waals surface area contributed by atoms with Crippen LogP contribution in [0, 0.1) is 5.92 Å². The number of allylic oxidation sites excluding steroid dienone is 2. The molecule has 1 saturated heterocycles. The third-order valence-electron chi connectivity index (χ3n) is 4.30. The van der Waals surface area contributed by atoms with Crippen molar-refractivity contribution in [3.63, 3.8) is 0 Å². The maximum absolute atomic E-state index is 13.5. The summed E-state index contributed by atoms with van der Waals surface area (Å²) in [7, 11) is 1.75. The van der Waals surface area contributed by atoms with E-state index >= 15 is 0 Å². The number of nitrogens with two attached hydrogens (primary N) is 1. The second-order valence-electron chi connectivity index (χ2n) is 6.13. The first-order chi connectivity index (χ1) is 9.95. The Morgan fingerprint density at radius 3 is 2.86 bits per heavy atom. The summed E-state index contributed by atoms with van der Waals surface area (Å²) in [5.74, 6) is -0.0498. The van der Waals surface area contributed by atoms with Gasteiger partial charge in [0.15, 0.2) is 0 Å². The molecule has 0 aromatic rings. The molecule has 1 aliphatic carbocycles. The molecule has 0 saturated carbocycles. The topological polar surface area (TPSA) is 66.6 Å². The fourth-order valence-electron chi connectivity index (χ4n) is 3.17. The fourth-order valence-corrected chi connectivity index (χ4v) is 3.17. The van der Waals surface area contributed by atoms with Crippen LogP contribution >= 0.6 is 0 Å². The van der Waals surface area contributed by atoms with Crippen LogP contribution in [0.4, 0.5) is 4.39 Å². The zero-order valence-electron chi connectivity index (χ0n) is 12.5. The summed E-state index contributed by atoms with van der Waals surface area (Å²) in [4.78, 5) is 26.6. The quantitative estimate of drug-likeness (QED) is 0.734. The van der Waals surface area contributed by atoms with Crippen LogP contribution in [0.2, 0.25) is 0 Å². The molecule has 1 fully saturated rings. The molecule has 0 radical (unpaired) electrons. The van der Waals surface area contributed by atoms with E-state index in [1.807, 2.05) is 0 Å². The van der Waals surface area contributed by atoms with E-state index in [4.69, 9.17) is 5.73 Å². The largest absolute Gasteiger partial charge is 0.369 e. The molecule has 0 spiro atoms. The minimum Gasteiger partial charge on any atom is -0.369 e. The summed E-state index contributed by atoms with van der Waals surface area (Å²) in [6.07, 6.45) is 6.19. The molecule has 2 N–H and O–H groups in total. The van der Waals surface area contributed by atoms with E-state index in [-0.39, 0.29) is 25.0 Å². The monoisotopic (exact) mass is 297 g/mol. The van der Waals surface area contributed by atoms with Crippen LogP contribution in [-0.4, -0.2) is 60.5 Å². The molecule has 0 bridgehead atoms. The Morgan fingerprint density at radius 1 is 1.48 bits per heavy atom. The number of alkyl halides is 1. The van der Waals surface area contributed by atoms with Gasteiger partial charge in [0.25, 0.3) is 0 Å². The molecule has 2 amide bonds. The Labute approximate surface area is 124 Å². The van der Waals surface area contributed by atoms with Crippen molar-refractivity contribution in [3.8, 4) is 0 Å². The van der Waals surface area contributed by atoms with Crippen molar-refractivity contribution in [1.82, 2.24) is 9.80 Å². The molecule has 118 valence electrons. The van der Waals surface area contributed by atoms with Crippen LogP contribution in [0.25, 0.3) is 0 Å². The predicted molar refractivity (Wildman–Crippen MR) is 78.2 cm³/mol. The highest BCUT2D eigenvalue weighted by Crippen LogP contribution is 2.23. The van der Waals surface area contributed by atoms with E-state index in [1.165, 1.54) is 0 Å². The lowest BCUT2D eigenvalue weighted by Gasteiger charge is -2.28. The number of likely N-dealkylation sites (N-methyl/N-ethyl adjacent to an activating group) is 1. The predicted octanol–water partition coefficient (Wildman–Crippen LogP) is 0.699. The molecule has 1 heterocycles. The molecule has 3 atom stereocenters. The number of nitrogens with zero attached hydrogens (tertiary/aromatic N) is 2. The molecule has 0 aromatic carbocycles. The van der Waals surface area contributed by atoms with Crippen LogP contribution in [0.15, 0.2) is 12.2 Å². The Kier molecular flexibility index (Phi) is 5.33. The van der Waals surface area contributed by atoms with Crippen molar-refractivity contribution in [1.29, 1.82) is 0 Å². The number of hydrogen-bond acceptors (Lipinski definition) is 3. The van der Waals surface area contributed by atoms with Gasteiger partial charge in [-0.2, -0.15) is 0 Å². The second kappa shape index (κ2) is 7.02. The maximum Gasteiger partial charge on any atom is 0.231 e. The zero-order chi connectivity index (χ0) is 15.4. The van der Waals surface area contributed by atoms with Gasteiger partial charge in [-0.05, 0) is 25.2 Å². The first-order valence-corrected chi connectivity index (χ1v) is 7.52. The van der Waals surface area contributed by atoms with Gasteiger partial charge in [0.05, 0.1) is 6.54 Å². The summed E-state index contributed by atoms with van der Waals surface area (Å²) in [6, 6.07) is -0.124. The van der Waals surface area contributed by atoms with Gasteiger partial charge < -0.3 is 10.6 Å². The Bertz CT molecular complexity index is 427. The molecule has 6 heteroatoms. The Hall–Kier alpha value is -1.43. The summed E-state index contributed by atoms with van der Waals surface area (Å²) >= 11 is 0. The number of amides is 2. The van der Waals surface area contributed by atoms with E-state index in [1.54, 1.807) is 16.8 Å². The lowest BCUT2D eigenvalue weighted by atomic mass is 10.0. The lowest BCUT2D eigenvalue weighted by molar-refractivity contribution is -0.131. The van der Waals surface area contributed by atoms with Gasteiger partial charge in [-0.3, -0.25) is 14.5 Å². The van der Waals surface area contributed by atoms with E-state index in [9.17, 15) is 14.0 Å². The molecule has 2 aliphatic rings. The number of likely N-dealkylation sites (tertiary alicyclic amines) is 1. The molecule has 1 aliphatic heterocycles. The molecule has 5 nitrogen and oxygen atoms in total. The molecular formula is C15H24FN3O2. The summed E-state index contributed by atoms with van der Waals surface area (Å²) < 4.78 is 13.5. The van der Waals surface area contributed by atoms with Crippen molar-refractivity contribution in [3.05, 3.63) is 12.2 Å². The van der Waals surface area contributed by atoms with Crippen molar-refractivity contribution in [2.45, 2.75) is 37.9 Å². The van der Waals surface area contributed by atoms with Crippen molar-refractivity contribution >= 4 is 11.8 Å². The lowest BCUT2D eigenvalue weighted by Crippen LogP contribution is -2.44. The Morgan fingerprint density at radius 2 is 2.24 bits per heavy atom. The van der Waals surface area contributed by atoms with Crippen LogP contribution < -0.4 is 5.73 Å². The SMILES string of the molecule is CN(C[C@@H]1C[C@H](F)CN1CC(N)=O)C(=O)CC1C=CCC1. The molecule has 2 rings (SSSR count). The van der Waals surface area contributed by atoms with Gasteiger partial charge in [-0.25, -0.2) is 4.39 Å². The van der Waals surface area contributed by atoms with E-state index < -0.39 is 12.1 Å². The second-order valence-corrected chi connectivity index (χ2v) is 6.13. The average Bonchev–Trinajstić information content (AvgIpc) is 2.99. The number of rotatable bonds is 6. The van der Waals surface area contributed by atoms with Crippen molar-refractivity contribution in [2.24, 2.45) is 11.7 Å². The summed E-state index contributed by atoms with van der Waals surface area (Å²) in [5, 5.41) is 0. The highest BCUT2D eigenvalue weighted by molar-refractivity contribution is 5.77. The van der Waals surface area contributed by atoms with Gasteiger partial charge in [-0.1, -0.05) is 12.2 Å². The van der Waals surface area contributed by atoms with Crippen LogP contribution in [-0.2, 0) is 9.59 Å². The first-order valence-electron chi connectivity index (χ1n) is 7.52. The van der Waals surface area contributed by atoms with Crippen LogP contribution in [0.1, 0.15) is 25.7 Å². The molecule has 21 heavy (non-hydrogen) atoms. The van der Waals surface area contributed by atoms with Gasteiger partial charge in [-0.15, -0.1) is 0 Å². The minimum atomic E-state index is -0.949. The molecule has 0 aromatic heterocycles. The third kappa shape index (κ3) is 4.52. The number of hydrogen-bond donors (Lipinski definition) is 1. The van der Waals surface area contributed by atoms with Crippen molar-refractivity contribution in [2.75, 3.05) is 26.7 Å². The molecular weight excluding hydrogens is 273 g/mol. The van der Waals surface area contributed by atoms with E-state index in [0.29, 0.717) is 25.3 Å². The van der Waals surface area contributed by atoms with Gasteiger partial charge in [0.2, 0.25) is 11.8 Å². The number of carbonyl (C=O) groups excluding carboxylic acids is 2. The maximum atomic E-state index is 13.5. The highest BCUT2D eigenvalue weighted by Gasteiger charge is 2.34. The smallest absolute Gasteiger partial charge is 0.231 e. The third-order valence-corrected chi connectivity index (χ3v) is 4.30.